The molecule has 2 aliphatic heterocycles. The number of hydrogen-bond acceptors (Lipinski definition) is 6. The number of carbonyl (C=O) groups is 3. The summed E-state index contributed by atoms with van der Waals surface area (Å²) in [4.78, 5) is 44.1. The highest BCUT2D eigenvalue weighted by atomic mass is 32.1. The summed E-state index contributed by atoms with van der Waals surface area (Å²) in [5.74, 6) is 0.685. The Morgan fingerprint density at radius 3 is 2.39 bits per heavy atom. The van der Waals surface area contributed by atoms with Crippen molar-refractivity contribution in [2.45, 2.75) is 25.8 Å². The predicted octanol–water partition coefficient (Wildman–Crippen LogP) is 1.83. The third kappa shape index (κ3) is 5.16. The largest absolute Gasteiger partial charge is 0.469 e. The van der Waals surface area contributed by atoms with E-state index in [0.29, 0.717) is 44.0 Å². The number of hydrogen-bond donors (Lipinski definition) is 1. The minimum atomic E-state index is -0.101. The maximum absolute atomic E-state index is 12.7. The molecule has 0 saturated carbocycles. The molecule has 4 heterocycles. The minimum absolute atomic E-state index is 0.0526. The summed E-state index contributed by atoms with van der Waals surface area (Å²) in [6.45, 7) is 6.02. The number of nitrogens with zero attached hydrogens (tertiary/aromatic N) is 3. The van der Waals surface area contributed by atoms with E-state index < -0.39 is 0 Å². The molecule has 31 heavy (non-hydrogen) atoms. The van der Waals surface area contributed by atoms with Crippen LogP contribution in [-0.4, -0.2) is 84.3 Å². The molecule has 0 radical (unpaired) electrons. The van der Waals surface area contributed by atoms with Gasteiger partial charge in [-0.3, -0.25) is 19.3 Å². The quantitative estimate of drug-likeness (QED) is 0.761. The molecule has 1 N–H and O–H groups in total. The van der Waals surface area contributed by atoms with Crippen molar-refractivity contribution in [3.63, 3.8) is 0 Å². The van der Waals surface area contributed by atoms with E-state index in [4.69, 9.17) is 4.42 Å². The molecular weight excluding hydrogens is 416 g/mol. The molecule has 8 nitrogen and oxygen atoms in total. The maximum atomic E-state index is 12.7. The van der Waals surface area contributed by atoms with Crippen LogP contribution in [0.25, 0.3) is 0 Å². The Morgan fingerprint density at radius 1 is 1.06 bits per heavy atom. The van der Waals surface area contributed by atoms with Crippen molar-refractivity contribution in [3.8, 4) is 0 Å². The average molecular weight is 445 g/mol. The second-order valence-electron chi connectivity index (χ2n) is 8.06. The van der Waals surface area contributed by atoms with Gasteiger partial charge in [0.2, 0.25) is 5.91 Å². The Kier molecular flexibility index (Phi) is 6.72. The fourth-order valence-electron chi connectivity index (χ4n) is 4.13. The first-order valence-electron chi connectivity index (χ1n) is 10.7. The third-order valence-electron chi connectivity index (χ3n) is 6.04. The van der Waals surface area contributed by atoms with Crippen LogP contribution in [0.3, 0.4) is 0 Å². The van der Waals surface area contributed by atoms with E-state index in [9.17, 15) is 14.4 Å². The maximum Gasteiger partial charge on any atom is 0.264 e. The highest BCUT2D eigenvalue weighted by Gasteiger charge is 2.28. The van der Waals surface area contributed by atoms with Crippen LogP contribution in [0, 0.1) is 6.92 Å². The molecule has 9 heteroatoms. The molecule has 0 aromatic carbocycles. The van der Waals surface area contributed by atoms with Crippen molar-refractivity contribution in [2.24, 2.45) is 0 Å². The Hall–Kier alpha value is -2.65. The van der Waals surface area contributed by atoms with Crippen molar-refractivity contribution in [3.05, 3.63) is 46.0 Å². The number of rotatable bonds is 5. The molecule has 0 spiro atoms. The lowest BCUT2D eigenvalue weighted by molar-refractivity contribution is -0.134. The van der Waals surface area contributed by atoms with Gasteiger partial charge in [0.15, 0.2) is 0 Å². The first-order valence-corrected chi connectivity index (χ1v) is 11.6. The van der Waals surface area contributed by atoms with Gasteiger partial charge in [-0.05, 0) is 37.3 Å². The van der Waals surface area contributed by atoms with Crippen LogP contribution < -0.4 is 5.32 Å². The molecule has 2 fully saturated rings. The van der Waals surface area contributed by atoms with Crippen molar-refractivity contribution in [1.29, 1.82) is 0 Å². The number of amides is 3. The summed E-state index contributed by atoms with van der Waals surface area (Å²) in [6, 6.07) is 5.52. The zero-order chi connectivity index (χ0) is 21.8. The third-order valence-corrected chi connectivity index (χ3v) is 6.89. The fourth-order valence-corrected chi connectivity index (χ4v) is 4.82. The minimum Gasteiger partial charge on any atom is -0.469 e. The number of likely N-dealkylation sites (tertiary alicyclic amines) is 1. The normalized spacial score (nSPS) is 18.2. The predicted molar refractivity (Wildman–Crippen MR) is 117 cm³/mol. The number of aryl methyl sites for hydroxylation is 1. The van der Waals surface area contributed by atoms with Crippen LogP contribution in [0.1, 0.15) is 38.6 Å². The van der Waals surface area contributed by atoms with Gasteiger partial charge in [0.25, 0.3) is 11.8 Å². The Balaban J connectivity index is 1.18. The molecule has 4 rings (SSSR count). The van der Waals surface area contributed by atoms with Gasteiger partial charge in [-0.25, -0.2) is 0 Å². The molecular formula is C22H28N4O4S. The summed E-state index contributed by atoms with van der Waals surface area (Å²) in [7, 11) is 0. The molecule has 0 atom stereocenters. The Labute approximate surface area is 185 Å². The van der Waals surface area contributed by atoms with Crippen LogP contribution >= 0.6 is 11.3 Å². The number of thiophene rings is 1. The van der Waals surface area contributed by atoms with Crippen molar-refractivity contribution in [1.82, 2.24) is 20.0 Å². The van der Waals surface area contributed by atoms with Gasteiger partial charge in [-0.1, -0.05) is 6.07 Å². The standard InChI is InChI=1S/C22H28N4O4S/c1-16-18(6-13-30-16)21(28)23-17-4-7-24(8-5-17)15-20(27)25-9-11-26(12-10-25)22(29)19-3-2-14-31-19/h2-3,6,13-14,17H,4-5,7-12,15H2,1H3,(H,23,28). The molecule has 2 saturated heterocycles. The fraction of sp³-hybridized carbons (Fsp3) is 0.500. The topological polar surface area (TPSA) is 86.1 Å². The smallest absolute Gasteiger partial charge is 0.264 e. The van der Waals surface area contributed by atoms with E-state index in [0.717, 1.165) is 30.8 Å². The highest BCUT2D eigenvalue weighted by Crippen LogP contribution is 2.16. The van der Waals surface area contributed by atoms with Crippen LogP contribution in [-0.2, 0) is 4.79 Å². The average Bonchev–Trinajstić information content (AvgIpc) is 3.46. The molecule has 2 aromatic heterocycles. The summed E-state index contributed by atoms with van der Waals surface area (Å²) >= 11 is 1.45. The van der Waals surface area contributed by atoms with Crippen molar-refractivity contribution in [2.75, 3.05) is 45.8 Å². The van der Waals surface area contributed by atoms with Crippen LogP contribution in [0.15, 0.2) is 34.3 Å². The molecule has 0 unspecified atom stereocenters. The lowest BCUT2D eigenvalue weighted by atomic mass is 10.0. The molecule has 166 valence electrons. The summed E-state index contributed by atoms with van der Waals surface area (Å²) < 4.78 is 5.20. The van der Waals surface area contributed by atoms with E-state index in [1.807, 2.05) is 27.3 Å². The van der Waals surface area contributed by atoms with Gasteiger partial charge < -0.3 is 19.5 Å². The van der Waals surface area contributed by atoms with Gasteiger partial charge in [0, 0.05) is 45.3 Å². The van der Waals surface area contributed by atoms with Gasteiger partial charge in [-0.15, -0.1) is 11.3 Å². The van der Waals surface area contributed by atoms with Crippen molar-refractivity contribution < 1.29 is 18.8 Å². The Bertz CT molecular complexity index is 910. The van der Waals surface area contributed by atoms with Crippen LogP contribution in [0.4, 0.5) is 0 Å². The number of carbonyl (C=O) groups excluding carboxylic acids is 3. The lowest BCUT2D eigenvalue weighted by Gasteiger charge is -2.37. The van der Waals surface area contributed by atoms with Crippen LogP contribution in [0.5, 0.6) is 0 Å². The van der Waals surface area contributed by atoms with E-state index in [-0.39, 0.29) is 23.8 Å². The first-order chi connectivity index (χ1) is 15.0. The van der Waals surface area contributed by atoms with E-state index in [1.54, 1.807) is 13.0 Å². The zero-order valence-corrected chi connectivity index (χ0v) is 18.5. The number of piperazine rings is 1. The molecule has 0 aliphatic carbocycles. The van der Waals surface area contributed by atoms with E-state index >= 15 is 0 Å². The van der Waals surface area contributed by atoms with Gasteiger partial charge in [0.05, 0.1) is 23.2 Å². The van der Waals surface area contributed by atoms with Gasteiger partial charge in [-0.2, -0.15) is 0 Å². The monoisotopic (exact) mass is 444 g/mol. The summed E-state index contributed by atoms with van der Waals surface area (Å²) in [6.07, 6.45) is 3.16. The lowest BCUT2D eigenvalue weighted by Crippen LogP contribution is -2.53. The van der Waals surface area contributed by atoms with Gasteiger partial charge >= 0.3 is 0 Å². The zero-order valence-electron chi connectivity index (χ0n) is 17.7. The number of piperidine rings is 1. The SMILES string of the molecule is Cc1occc1C(=O)NC1CCN(CC(=O)N2CCN(C(=O)c3cccs3)CC2)CC1. The molecule has 2 aliphatic rings. The first kappa shape index (κ1) is 21.6. The Morgan fingerprint density at radius 2 is 1.77 bits per heavy atom. The molecule has 2 aromatic rings. The molecule has 0 bridgehead atoms. The molecule has 3 amide bonds. The second kappa shape index (κ2) is 9.65. The van der Waals surface area contributed by atoms with Gasteiger partial charge in [0.1, 0.15) is 5.76 Å². The van der Waals surface area contributed by atoms with Crippen molar-refractivity contribution >= 4 is 29.1 Å². The summed E-state index contributed by atoms with van der Waals surface area (Å²) in [5, 5.41) is 4.97. The highest BCUT2D eigenvalue weighted by molar-refractivity contribution is 7.12. The van der Waals surface area contributed by atoms with E-state index in [2.05, 4.69) is 10.2 Å². The summed E-state index contributed by atoms with van der Waals surface area (Å²) in [5.41, 5.74) is 0.578. The van der Waals surface area contributed by atoms with Crippen LogP contribution in [0.2, 0.25) is 0 Å². The van der Waals surface area contributed by atoms with E-state index in [1.165, 1.54) is 17.6 Å². The second-order valence-corrected chi connectivity index (χ2v) is 9.01. The number of nitrogens with one attached hydrogen (secondary N) is 1. The number of furan rings is 1.